The molecule has 1 aliphatic rings. The maximum Gasteiger partial charge on any atom is 0.407 e. The Balaban J connectivity index is 1.36. The average molecular weight is 475 g/mol. The van der Waals surface area contributed by atoms with Crippen LogP contribution in [0.2, 0.25) is 0 Å². The predicted molar refractivity (Wildman–Crippen MR) is 131 cm³/mol. The van der Waals surface area contributed by atoms with Crippen molar-refractivity contribution >= 4 is 23.7 Å². The lowest BCUT2D eigenvalue weighted by Crippen LogP contribution is -2.46. The van der Waals surface area contributed by atoms with Gasteiger partial charge in [-0.15, -0.1) is 0 Å². The van der Waals surface area contributed by atoms with Gasteiger partial charge in [0.05, 0.1) is 11.3 Å². The number of alkyl carbamates (subject to hydrolysis) is 1. The molecule has 0 atom stereocenters. The first-order valence-electron chi connectivity index (χ1n) is 11.1. The molecule has 2 amide bonds. The number of anilines is 1. The summed E-state index contributed by atoms with van der Waals surface area (Å²) < 4.78 is 5.55. The Bertz CT molecular complexity index is 1250. The molecule has 0 unspecified atom stereocenters. The molecule has 0 saturated carbocycles. The van der Waals surface area contributed by atoms with Gasteiger partial charge in [0.2, 0.25) is 5.91 Å². The number of carbonyl (C=O) groups is 3. The second-order valence-corrected chi connectivity index (χ2v) is 9.10. The Labute approximate surface area is 202 Å². The Hall–Kier alpha value is -4.33. The number of fused-ring (bicyclic) bond motifs is 3. The fourth-order valence-electron chi connectivity index (χ4n) is 4.32. The Morgan fingerprint density at radius 3 is 2.14 bits per heavy atom. The standard InChI is InChI=1S/C27H26N2O6/c1-27(2,14-24(31)28-22-13-16(25(32)33)11-12-23(22)30)29-26(34)35-15-21-19-9-5-3-7-17(19)18-8-4-6-10-20(18)21/h3-13,21,30H,14-15H2,1-2H3,(H,28,31)(H,29,34)(H,32,33). The van der Waals surface area contributed by atoms with Crippen LogP contribution in [-0.4, -0.2) is 40.3 Å². The number of phenols is 1. The van der Waals surface area contributed by atoms with E-state index in [1.807, 2.05) is 36.4 Å². The van der Waals surface area contributed by atoms with E-state index in [2.05, 4.69) is 22.8 Å². The number of benzene rings is 3. The molecular formula is C27H26N2O6. The zero-order valence-corrected chi connectivity index (χ0v) is 19.4. The van der Waals surface area contributed by atoms with Crippen LogP contribution in [-0.2, 0) is 9.53 Å². The Morgan fingerprint density at radius 2 is 1.54 bits per heavy atom. The second-order valence-electron chi connectivity index (χ2n) is 9.10. The number of aromatic hydroxyl groups is 1. The monoisotopic (exact) mass is 474 g/mol. The van der Waals surface area contributed by atoms with Crippen LogP contribution in [0.25, 0.3) is 11.1 Å². The van der Waals surface area contributed by atoms with Gasteiger partial charge in [0.1, 0.15) is 12.4 Å². The molecule has 0 heterocycles. The van der Waals surface area contributed by atoms with Gasteiger partial charge in [-0.05, 0) is 54.3 Å². The van der Waals surface area contributed by atoms with E-state index in [9.17, 15) is 19.5 Å². The van der Waals surface area contributed by atoms with Crippen LogP contribution in [0.15, 0.2) is 66.7 Å². The molecule has 4 N–H and O–H groups in total. The molecule has 3 aromatic carbocycles. The number of carbonyl (C=O) groups excluding carboxylic acids is 2. The zero-order valence-electron chi connectivity index (χ0n) is 19.4. The lowest BCUT2D eigenvalue weighted by Gasteiger charge is -2.26. The van der Waals surface area contributed by atoms with Crippen LogP contribution in [0, 0.1) is 0 Å². The number of phenolic OH excluding ortho intramolecular Hbond substituents is 1. The maximum atomic E-state index is 12.6. The summed E-state index contributed by atoms with van der Waals surface area (Å²) in [7, 11) is 0. The van der Waals surface area contributed by atoms with Crippen LogP contribution >= 0.6 is 0 Å². The van der Waals surface area contributed by atoms with E-state index >= 15 is 0 Å². The molecule has 4 rings (SSSR count). The molecule has 0 aliphatic heterocycles. The van der Waals surface area contributed by atoms with Crippen molar-refractivity contribution < 1.29 is 29.3 Å². The molecule has 0 spiro atoms. The summed E-state index contributed by atoms with van der Waals surface area (Å²) in [5, 5.41) is 24.2. The van der Waals surface area contributed by atoms with E-state index in [-0.39, 0.29) is 35.9 Å². The maximum absolute atomic E-state index is 12.6. The van der Waals surface area contributed by atoms with E-state index in [1.54, 1.807) is 13.8 Å². The molecule has 0 aromatic heterocycles. The number of amides is 2. The highest BCUT2D eigenvalue weighted by atomic mass is 16.5. The van der Waals surface area contributed by atoms with Crippen molar-refractivity contribution in [3.05, 3.63) is 83.4 Å². The summed E-state index contributed by atoms with van der Waals surface area (Å²) in [6.45, 7) is 3.49. The number of ether oxygens (including phenoxy) is 1. The van der Waals surface area contributed by atoms with Gasteiger partial charge in [0.15, 0.2) is 0 Å². The summed E-state index contributed by atoms with van der Waals surface area (Å²) in [6.07, 6.45) is -0.783. The molecule has 8 nitrogen and oxygen atoms in total. The molecule has 180 valence electrons. The zero-order chi connectivity index (χ0) is 25.2. The first-order valence-corrected chi connectivity index (χ1v) is 11.1. The average Bonchev–Trinajstić information content (AvgIpc) is 3.12. The van der Waals surface area contributed by atoms with Crippen molar-refractivity contribution in [1.29, 1.82) is 0 Å². The van der Waals surface area contributed by atoms with Gasteiger partial charge in [-0.25, -0.2) is 9.59 Å². The van der Waals surface area contributed by atoms with Crippen molar-refractivity contribution in [2.24, 2.45) is 0 Å². The molecule has 8 heteroatoms. The number of rotatable bonds is 7. The van der Waals surface area contributed by atoms with Crippen LogP contribution in [0.1, 0.15) is 47.7 Å². The summed E-state index contributed by atoms with van der Waals surface area (Å²) in [4.78, 5) is 36.2. The van der Waals surface area contributed by atoms with Gasteiger partial charge < -0.3 is 25.6 Å². The van der Waals surface area contributed by atoms with Gasteiger partial charge in [-0.3, -0.25) is 4.79 Å². The number of nitrogens with one attached hydrogen (secondary N) is 2. The van der Waals surface area contributed by atoms with Gasteiger partial charge in [0, 0.05) is 17.9 Å². The molecule has 1 aliphatic carbocycles. The quantitative estimate of drug-likeness (QED) is 0.367. The second kappa shape index (κ2) is 9.50. The first kappa shape index (κ1) is 23.8. The first-order chi connectivity index (χ1) is 16.6. The van der Waals surface area contributed by atoms with Crippen LogP contribution < -0.4 is 10.6 Å². The molecule has 3 aromatic rings. The predicted octanol–water partition coefficient (Wildman–Crippen LogP) is 4.74. The Kier molecular flexibility index (Phi) is 6.46. The smallest absolute Gasteiger partial charge is 0.407 e. The highest BCUT2D eigenvalue weighted by Crippen LogP contribution is 2.44. The molecule has 0 fully saturated rings. The van der Waals surface area contributed by atoms with Crippen molar-refractivity contribution in [2.75, 3.05) is 11.9 Å². The molecular weight excluding hydrogens is 448 g/mol. The summed E-state index contributed by atoms with van der Waals surface area (Å²) in [5.41, 5.74) is 3.40. The third-order valence-electron chi connectivity index (χ3n) is 5.90. The van der Waals surface area contributed by atoms with E-state index in [1.165, 1.54) is 18.2 Å². The van der Waals surface area contributed by atoms with Gasteiger partial charge in [-0.1, -0.05) is 48.5 Å². The van der Waals surface area contributed by atoms with Crippen molar-refractivity contribution in [2.45, 2.75) is 31.7 Å². The molecule has 0 saturated heterocycles. The molecule has 35 heavy (non-hydrogen) atoms. The minimum absolute atomic E-state index is 0.0214. The topological polar surface area (TPSA) is 125 Å². The number of carboxylic acids is 1. The minimum Gasteiger partial charge on any atom is -0.506 e. The van der Waals surface area contributed by atoms with Crippen molar-refractivity contribution in [1.82, 2.24) is 5.32 Å². The minimum atomic E-state index is -1.18. The van der Waals surface area contributed by atoms with Gasteiger partial charge in [0.25, 0.3) is 0 Å². The van der Waals surface area contributed by atoms with Crippen LogP contribution in [0.3, 0.4) is 0 Å². The van der Waals surface area contributed by atoms with Crippen molar-refractivity contribution in [3.8, 4) is 16.9 Å². The Morgan fingerprint density at radius 1 is 0.943 bits per heavy atom. The van der Waals surface area contributed by atoms with Crippen LogP contribution in [0.5, 0.6) is 5.75 Å². The number of carboxylic acid groups (broad SMARTS) is 1. The fraction of sp³-hybridized carbons (Fsp3) is 0.222. The lowest BCUT2D eigenvalue weighted by atomic mass is 9.98. The third kappa shape index (κ3) is 5.27. The normalized spacial score (nSPS) is 12.4. The van der Waals surface area contributed by atoms with E-state index in [0.717, 1.165) is 22.3 Å². The summed E-state index contributed by atoms with van der Waals surface area (Å²) in [5.74, 6) is -2.03. The van der Waals surface area contributed by atoms with Gasteiger partial charge >= 0.3 is 12.1 Å². The fourth-order valence-corrected chi connectivity index (χ4v) is 4.32. The van der Waals surface area contributed by atoms with E-state index < -0.39 is 23.5 Å². The number of hydrogen-bond donors (Lipinski definition) is 4. The van der Waals surface area contributed by atoms with Crippen LogP contribution in [0.4, 0.5) is 10.5 Å². The summed E-state index contributed by atoms with van der Waals surface area (Å²) in [6, 6.07) is 19.7. The lowest BCUT2D eigenvalue weighted by molar-refractivity contribution is -0.117. The van der Waals surface area contributed by atoms with Gasteiger partial charge in [-0.2, -0.15) is 0 Å². The summed E-state index contributed by atoms with van der Waals surface area (Å²) >= 11 is 0. The highest BCUT2D eigenvalue weighted by Gasteiger charge is 2.30. The highest BCUT2D eigenvalue weighted by molar-refractivity contribution is 5.96. The molecule has 0 radical (unpaired) electrons. The number of aromatic carboxylic acids is 1. The largest absolute Gasteiger partial charge is 0.506 e. The molecule has 0 bridgehead atoms. The van der Waals surface area contributed by atoms with Crippen molar-refractivity contribution in [3.63, 3.8) is 0 Å². The van der Waals surface area contributed by atoms with E-state index in [4.69, 9.17) is 9.84 Å². The number of hydrogen-bond acceptors (Lipinski definition) is 5. The third-order valence-corrected chi connectivity index (χ3v) is 5.90. The SMILES string of the molecule is CC(C)(CC(=O)Nc1cc(C(=O)O)ccc1O)NC(=O)OCC1c2ccccc2-c2ccccc21. The van der Waals surface area contributed by atoms with E-state index in [0.29, 0.717) is 0 Å².